The molecule has 0 radical (unpaired) electrons. The van der Waals surface area contributed by atoms with Gasteiger partial charge >= 0.3 is 0 Å². The van der Waals surface area contributed by atoms with Crippen LogP contribution in [0.2, 0.25) is 0 Å². The van der Waals surface area contributed by atoms with Crippen LogP contribution in [0.3, 0.4) is 0 Å². The number of hydrogen-bond acceptors (Lipinski definition) is 6. The molecule has 0 aliphatic carbocycles. The maximum absolute atomic E-state index is 12.5. The van der Waals surface area contributed by atoms with Crippen LogP contribution in [-0.4, -0.2) is 28.6 Å². The second kappa shape index (κ2) is 6.10. The van der Waals surface area contributed by atoms with Crippen LogP contribution in [0.5, 0.6) is 0 Å². The number of aryl methyl sites for hydroxylation is 1. The Bertz CT molecular complexity index is 1040. The van der Waals surface area contributed by atoms with Crippen molar-refractivity contribution in [2.75, 3.05) is 4.72 Å². The number of rotatable bonds is 4. The number of nitrogens with zero attached hydrogens (tertiary/aromatic N) is 5. The van der Waals surface area contributed by atoms with Crippen LogP contribution in [0.25, 0.3) is 11.4 Å². The number of nitriles is 1. The van der Waals surface area contributed by atoms with Gasteiger partial charge in [-0.25, -0.2) is 13.1 Å². The predicted molar refractivity (Wildman–Crippen MR) is 86.2 cm³/mol. The minimum absolute atomic E-state index is 0.0711. The first-order valence-corrected chi connectivity index (χ1v) is 8.34. The molecule has 3 rings (SSSR count). The average Bonchev–Trinajstić information content (AvgIpc) is 3.01. The number of aromatic nitrogens is 4. The van der Waals surface area contributed by atoms with Gasteiger partial charge in [-0.15, -0.1) is 5.10 Å². The van der Waals surface area contributed by atoms with Crippen molar-refractivity contribution in [2.45, 2.75) is 4.90 Å². The molecule has 1 N–H and O–H groups in total. The van der Waals surface area contributed by atoms with Crippen molar-refractivity contribution in [1.82, 2.24) is 20.2 Å². The Morgan fingerprint density at radius 3 is 2.67 bits per heavy atom. The number of benzene rings is 2. The Kier molecular flexibility index (Phi) is 3.97. The first kappa shape index (κ1) is 15.6. The fourth-order valence-electron chi connectivity index (χ4n) is 2.20. The zero-order chi connectivity index (χ0) is 17.2. The van der Waals surface area contributed by atoms with E-state index in [1.165, 1.54) is 16.8 Å². The number of hydrogen-bond donors (Lipinski definition) is 1. The summed E-state index contributed by atoms with van der Waals surface area (Å²) >= 11 is 0. The summed E-state index contributed by atoms with van der Waals surface area (Å²) in [4.78, 5) is -0.0711. The first-order chi connectivity index (χ1) is 11.5. The third-order valence-electron chi connectivity index (χ3n) is 3.29. The zero-order valence-corrected chi connectivity index (χ0v) is 13.4. The van der Waals surface area contributed by atoms with Crippen molar-refractivity contribution in [3.63, 3.8) is 0 Å². The number of anilines is 1. The van der Waals surface area contributed by atoms with Crippen molar-refractivity contribution < 1.29 is 8.42 Å². The van der Waals surface area contributed by atoms with Crippen LogP contribution in [0, 0.1) is 11.3 Å². The summed E-state index contributed by atoms with van der Waals surface area (Å²) in [6.45, 7) is 0. The largest absolute Gasteiger partial charge is 0.280 e. The van der Waals surface area contributed by atoms with Crippen molar-refractivity contribution >= 4 is 15.7 Å². The van der Waals surface area contributed by atoms with E-state index in [2.05, 4.69) is 20.2 Å². The quantitative estimate of drug-likeness (QED) is 0.771. The smallest absolute Gasteiger partial charge is 0.263 e. The van der Waals surface area contributed by atoms with E-state index in [1.807, 2.05) is 6.07 Å². The summed E-state index contributed by atoms with van der Waals surface area (Å²) in [5.74, 6) is 0.508. The SMILES string of the molecule is Cn1nnnc1-c1cccc(NS(=O)(=O)c2ccccc2C#N)c1. The Labute approximate surface area is 138 Å². The molecular formula is C15H12N6O2S. The highest BCUT2D eigenvalue weighted by atomic mass is 32.2. The normalized spacial score (nSPS) is 11.0. The van der Waals surface area contributed by atoms with Gasteiger partial charge in [-0.1, -0.05) is 24.3 Å². The summed E-state index contributed by atoms with van der Waals surface area (Å²) in [6.07, 6.45) is 0. The van der Waals surface area contributed by atoms with Gasteiger partial charge in [0, 0.05) is 18.3 Å². The van der Waals surface area contributed by atoms with E-state index >= 15 is 0 Å². The van der Waals surface area contributed by atoms with Crippen LogP contribution >= 0.6 is 0 Å². The van der Waals surface area contributed by atoms with E-state index in [0.29, 0.717) is 17.1 Å². The molecule has 9 heteroatoms. The molecule has 0 aliphatic rings. The molecular weight excluding hydrogens is 328 g/mol. The second-order valence-corrected chi connectivity index (χ2v) is 6.57. The van der Waals surface area contributed by atoms with Crippen LogP contribution in [0.15, 0.2) is 53.4 Å². The summed E-state index contributed by atoms with van der Waals surface area (Å²) in [5.41, 5.74) is 1.10. The summed E-state index contributed by atoms with van der Waals surface area (Å²) in [7, 11) is -2.19. The Morgan fingerprint density at radius 1 is 1.17 bits per heavy atom. The van der Waals surface area contributed by atoms with E-state index < -0.39 is 10.0 Å². The molecule has 0 spiro atoms. The second-order valence-electron chi connectivity index (χ2n) is 4.92. The van der Waals surface area contributed by atoms with Gasteiger partial charge in [0.1, 0.15) is 11.0 Å². The van der Waals surface area contributed by atoms with Crippen molar-refractivity contribution in [1.29, 1.82) is 5.26 Å². The number of tetrazole rings is 1. The van der Waals surface area contributed by atoms with E-state index in [0.717, 1.165) is 0 Å². The molecule has 0 saturated carbocycles. The van der Waals surface area contributed by atoms with Crippen LogP contribution in [-0.2, 0) is 17.1 Å². The van der Waals surface area contributed by atoms with Gasteiger partial charge in [-0.05, 0) is 34.7 Å². The van der Waals surface area contributed by atoms with Crippen molar-refractivity contribution in [2.24, 2.45) is 7.05 Å². The molecule has 0 amide bonds. The number of sulfonamides is 1. The summed E-state index contributed by atoms with van der Waals surface area (Å²) < 4.78 is 29.0. The van der Waals surface area contributed by atoms with Crippen molar-refractivity contribution in [3.05, 3.63) is 54.1 Å². The van der Waals surface area contributed by atoms with Gasteiger partial charge < -0.3 is 0 Å². The van der Waals surface area contributed by atoms with E-state index in [1.54, 1.807) is 43.4 Å². The molecule has 2 aromatic carbocycles. The monoisotopic (exact) mass is 340 g/mol. The van der Waals surface area contributed by atoms with Crippen LogP contribution in [0.1, 0.15) is 5.56 Å². The third kappa shape index (κ3) is 2.95. The Morgan fingerprint density at radius 2 is 1.96 bits per heavy atom. The van der Waals surface area contributed by atoms with Gasteiger partial charge in [0.05, 0.1) is 5.56 Å². The van der Waals surface area contributed by atoms with Gasteiger partial charge in [-0.3, -0.25) is 4.72 Å². The average molecular weight is 340 g/mol. The maximum Gasteiger partial charge on any atom is 0.263 e. The Hall–Kier alpha value is -3.25. The highest BCUT2D eigenvalue weighted by Crippen LogP contribution is 2.23. The summed E-state index contributed by atoms with van der Waals surface area (Å²) in [6, 6.07) is 14.6. The lowest BCUT2D eigenvalue weighted by molar-refractivity contribution is 0.601. The minimum Gasteiger partial charge on any atom is -0.280 e. The Balaban J connectivity index is 1.97. The summed E-state index contributed by atoms with van der Waals surface area (Å²) in [5, 5.41) is 20.3. The predicted octanol–water partition coefficient (Wildman–Crippen LogP) is 1.55. The van der Waals surface area contributed by atoms with Gasteiger partial charge in [0.25, 0.3) is 10.0 Å². The molecule has 0 atom stereocenters. The fraction of sp³-hybridized carbons (Fsp3) is 0.0667. The van der Waals surface area contributed by atoms with Crippen LogP contribution in [0.4, 0.5) is 5.69 Å². The highest BCUT2D eigenvalue weighted by molar-refractivity contribution is 7.92. The van der Waals surface area contributed by atoms with Gasteiger partial charge in [-0.2, -0.15) is 5.26 Å². The van der Waals surface area contributed by atoms with Crippen LogP contribution < -0.4 is 4.72 Å². The van der Waals surface area contributed by atoms with E-state index in [4.69, 9.17) is 5.26 Å². The molecule has 0 saturated heterocycles. The molecule has 8 nitrogen and oxygen atoms in total. The van der Waals surface area contributed by atoms with Gasteiger partial charge in [0.2, 0.25) is 0 Å². The lowest BCUT2D eigenvalue weighted by Crippen LogP contribution is -2.14. The van der Waals surface area contributed by atoms with Gasteiger partial charge in [0.15, 0.2) is 5.82 Å². The molecule has 0 aliphatic heterocycles. The molecule has 1 aromatic heterocycles. The van der Waals surface area contributed by atoms with E-state index in [9.17, 15) is 8.42 Å². The topological polar surface area (TPSA) is 114 Å². The molecule has 24 heavy (non-hydrogen) atoms. The zero-order valence-electron chi connectivity index (χ0n) is 12.6. The molecule has 0 bridgehead atoms. The lowest BCUT2D eigenvalue weighted by Gasteiger charge is -2.10. The first-order valence-electron chi connectivity index (χ1n) is 6.86. The van der Waals surface area contributed by atoms with E-state index in [-0.39, 0.29) is 10.5 Å². The number of nitrogens with one attached hydrogen (secondary N) is 1. The third-order valence-corrected chi connectivity index (χ3v) is 4.73. The highest BCUT2D eigenvalue weighted by Gasteiger charge is 2.18. The minimum atomic E-state index is -3.88. The molecule has 120 valence electrons. The molecule has 3 aromatic rings. The lowest BCUT2D eigenvalue weighted by atomic mass is 10.2. The maximum atomic E-state index is 12.5. The molecule has 1 heterocycles. The molecule has 0 fully saturated rings. The fourth-order valence-corrected chi connectivity index (χ4v) is 3.41. The standard InChI is InChI=1S/C15H12N6O2S/c1-21-15(17-19-20-21)11-6-4-7-13(9-11)18-24(22,23)14-8-3-2-5-12(14)10-16/h2-9,18H,1H3. The van der Waals surface area contributed by atoms with Crippen molar-refractivity contribution in [3.8, 4) is 17.5 Å². The molecule has 0 unspecified atom stereocenters.